The van der Waals surface area contributed by atoms with Crippen LogP contribution in [0.1, 0.15) is 18.9 Å². The van der Waals surface area contributed by atoms with Gasteiger partial charge in [0.05, 0.1) is 32.3 Å². The van der Waals surface area contributed by atoms with Crippen LogP contribution in [0.4, 0.5) is 4.79 Å². The van der Waals surface area contributed by atoms with Crippen LogP contribution in [0.25, 0.3) is 0 Å². The molecule has 194 valence electrons. The van der Waals surface area contributed by atoms with E-state index in [1.165, 1.54) is 6.92 Å². The molecule has 0 radical (unpaired) electrons. The summed E-state index contributed by atoms with van der Waals surface area (Å²) in [5, 5.41) is 37.0. The Kier molecular flexibility index (Phi) is 10.9. The molecule has 6 N–H and O–H groups in total. The monoisotopic (exact) mass is 497 g/mol. The topological polar surface area (TPSA) is 193 Å². The summed E-state index contributed by atoms with van der Waals surface area (Å²) < 4.78 is 15.2. The number of alkyl carbamates (subject to hydrolysis) is 1. The van der Waals surface area contributed by atoms with Crippen molar-refractivity contribution in [3.63, 3.8) is 0 Å². The zero-order chi connectivity index (χ0) is 26.0. The molecule has 1 aliphatic heterocycles. The molecule has 13 heteroatoms. The molecule has 1 fully saturated rings. The van der Waals surface area contributed by atoms with Gasteiger partial charge in [-0.25, -0.2) is 9.59 Å². The minimum atomic E-state index is -1.46. The van der Waals surface area contributed by atoms with Crippen molar-refractivity contribution in [3.8, 4) is 0 Å². The van der Waals surface area contributed by atoms with Gasteiger partial charge in [-0.05, 0) is 5.56 Å². The third-order valence-corrected chi connectivity index (χ3v) is 5.28. The van der Waals surface area contributed by atoms with Crippen molar-refractivity contribution in [1.29, 1.82) is 0 Å². The summed E-state index contributed by atoms with van der Waals surface area (Å²) in [6.45, 7) is 0.318. The number of ether oxygens (including phenoxy) is 3. The molecular weight excluding hydrogens is 466 g/mol. The Bertz CT molecular complexity index is 868. The number of rotatable bonds is 10. The van der Waals surface area contributed by atoms with Gasteiger partial charge in [0, 0.05) is 13.5 Å². The molecule has 1 saturated heterocycles. The van der Waals surface area contributed by atoms with Crippen molar-refractivity contribution in [2.75, 3.05) is 20.3 Å². The molecule has 0 spiro atoms. The van der Waals surface area contributed by atoms with Crippen LogP contribution < -0.4 is 16.0 Å². The lowest BCUT2D eigenvalue weighted by Gasteiger charge is -2.42. The molecule has 1 aliphatic rings. The summed E-state index contributed by atoms with van der Waals surface area (Å²) in [4.78, 5) is 48.2. The van der Waals surface area contributed by atoms with E-state index < -0.39 is 73.4 Å². The molecule has 13 nitrogen and oxygen atoms in total. The Morgan fingerprint density at radius 2 is 1.77 bits per heavy atom. The molecule has 0 saturated carbocycles. The third kappa shape index (κ3) is 8.47. The van der Waals surface area contributed by atoms with E-state index in [0.29, 0.717) is 0 Å². The van der Waals surface area contributed by atoms with Gasteiger partial charge in [0.25, 0.3) is 0 Å². The summed E-state index contributed by atoms with van der Waals surface area (Å²) in [5.74, 6) is -2.07. The van der Waals surface area contributed by atoms with Crippen molar-refractivity contribution in [2.24, 2.45) is 0 Å². The minimum absolute atomic E-state index is 0.0451. The Hall–Kier alpha value is -3.26. The molecule has 0 unspecified atom stereocenters. The molecule has 0 aromatic heterocycles. The van der Waals surface area contributed by atoms with Crippen molar-refractivity contribution in [3.05, 3.63) is 35.9 Å². The zero-order valence-corrected chi connectivity index (χ0v) is 19.4. The highest BCUT2D eigenvalue weighted by molar-refractivity contribution is 5.88. The number of methoxy groups -OCH3 is 1. The van der Waals surface area contributed by atoms with Gasteiger partial charge in [-0.3, -0.25) is 9.59 Å². The number of hydrogen-bond acceptors (Lipinski definition) is 10. The standard InChI is InChI=1S/C22H31N3O10/c1-12(27)24-18-15(35-16(10-26)19(29)20(18)30)9-23-17(28)8-14(21(31)33-2)25-22(32)34-11-13-6-4-3-5-7-13/h3-7,14-16,18-20,26,29-30H,8-11H2,1-2H3,(H,23,28)(H,24,27)(H,25,32)/t14-,15-,16+,18-,19+,20+/m0/s1. The number of carbonyl (C=O) groups excluding carboxylic acids is 4. The summed E-state index contributed by atoms with van der Waals surface area (Å²) >= 11 is 0. The van der Waals surface area contributed by atoms with Gasteiger partial charge in [0.15, 0.2) is 0 Å². The Morgan fingerprint density at radius 3 is 2.37 bits per heavy atom. The van der Waals surface area contributed by atoms with Gasteiger partial charge in [0.1, 0.15) is 31.0 Å². The first-order valence-electron chi connectivity index (χ1n) is 10.9. The first-order chi connectivity index (χ1) is 16.7. The first kappa shape index (κ1) is 28.0. The number of carbonyl (C=O) groups is 4. The number of esters is 1. The Labute approximate surface area is 201 Å². The number of benzene rings is 1. The van der Waals surface area contributed by atoms with Gasteiger partial charge in [0.2, 0.25) is 11.8 Å². The number of aliphatic hydroxyl groups is 3. The van der Waals surface area contributed by atoms with E-state index >= 15 is 0 Å². The van der Waals surface area contributed by atoms with Gasteiger partial charge in [-0.1, -0.05) is 30.3 Å². The highest BCUT2D eigenvalue weighted by Crippen LogP contribution is 2.21. The smallest absolute Gasteiger partial charge is 0.408 e. The van der Waals surface area contributed by atoms with Crippen LogP contribution in [0.2, 0.25) is 0 Å². The quantitative estimate of drug-likeness (QED) is 0.196. The second-order valence-electron chi connectivity index (χ2n) is 7.89. The summed E-state index contributed by atoms with van der Waals surface area (Å²) in [7, 11) is 1.10. The van der Waals surface area contributed by atoms with Crippen LogP contribution >= 0.6 is 0 Å². The van der Waals surface area contributed by atoms with Crippen molar-refractivity contribution < 1.29 is 48.7 Å². The van der Waals surface area contributed by atoms with Crippen molar-refractivity contribution >= 4 is 23.9 Å². The first-order valence-corrected chi connectivity index (χ1v) is 10.9. The maximum Gasteiger partial charge on any atom is 0.408 e. The number of nitrogens with one attached hydrogen (secondary N) is 3. The fraction of sp³-hybridized carbons (Fsp3) is 0.545. The van der Waals surface area contributed by atoms with E-state index in [2.05, 4.69) is 20.7 Å². The van der Waals surface area contributed by atoms with Gasteiger partial charge in [-0.2, -0.15) is 0 Å². The maximum atomic E-state index is 12.5. The zero-order valence-electron chi connectivity index (χ0n) is 19.4. The van der Waals surface area contributed by atoms with Crippen molar-refractivity contribution in [2.45, 2.75) is 56.5 Å². The normalized spacial score (nSPS) is 24.5. The highest BCUT2D eigenvalue weighted by Gasteiger charge is 2.44. The molecule has 0 aliphatic carbocycles. The van der Waals surface area contributed by atoms with E-state index in [4.69, 9.17) is 9.47 Å². The maximum absolute atomic E-state index is 12.5. The molecule has 1 aromatic rings. The molecular formula is C22H31N3O10. The second kappa shape index (κ2) is 13.6. The lowest BCUT2D eigenvalue weighted by Crippen LogP contribution is -2.66. The SMILES string of the molecule is COC(=O)[C@H](CC(=O)NC[C@@H]1O[C@H](CO)[C@@H](O)[C@H](O)[C@H]1NC(C)=O)NC(=O)OCc1ccccc1. The van der Waals surface area contributed by atoms with Crippen LogP contribution in [0.3, 0.4) is 0 Å². The minimum Gasteiger partial charge on any atom is -0.467 e. The van der Waals surface area contributed by atoms with E-state index in [1.807, 2.05) is 0 Å². The second-order valence-corrected chi connectivity index (χ2v) is 7.89. The summed E-state index contributed by atoms with van der Waals surface area (Å²) in [6.07, 6.45) is -6.49. The molecule has 2 rings (SSSR count). The molecule has 0 bridgehead atoms. The van der Waals surface area contributed by atoms with Crippen molar-refractivity contribution in [1.82, 2.24) is 16.0 Å². The van der Waals surface area contributed by atoms with Crippen LogP contribution in [0.15, 0.2) is 30.3 Å². The Morgan fingerprint density at radius 1 is 1.09 bits per heavy atom. The average molecular weight is 498 g/mol. The van der Waals surface area contributed by atoms with Crippen LogP contribution in [-0.4, -0.2) is 96.0 Å². The fourth-order valence-electron chi connectivity index (χ4n) is 3.50. The lowest BCUT2D eigenvalue weighted by atomic mass is 9.92. The van der Waals surface area contributed by atoms with E-state index in [1.54, 1.807) is 30.3 Å². The predicted octanol–water partition coefficient (Wildman–Crippen LogP) is -2.05. The summed E-state index contributed by atoms with van der Waals surface area (Å²) in [5.41, 5.74) is 0.727. The van der Waals surface area contributed by atoms with Crippen LogP contribution in [-0.2, 0) is 35.2 Å². The summed E-state index contributed by atoms with van der Waals surface area (Å²) in [6, 6.07) is 6.42. The molecule has 35 heavy (non-hydrogen) atoms. The van der Waals surface area contributed by atoms with E-state index in [-0.39, 0.29) is 13.2 Å². The van der Waals surface area contributed by atoms with Gasteiger partial charge >= 0.3 is 12.1 Å². The molecule has 6 atom stereocenters. The predicted molar refractivity (Wildman–Crippen MR) is 119 cm³/mol. The number of hydrogen-bond donors (Lipinski definition) is 6. The molecule has 1 heterocycles. The Balaban J connectivity index is 1.94. The largest absolute Gasteiger partial charge is 0.467 e. The average Bonchev–Trinajstić information content (AvgIpc) is 2.84. The lowest BCUT2D eigenvalue weighted by molar-refractivity contribution is -0.194. The number of amides is 3. The van der Waals surface area contributed by atoms with E-state index in [0.717, 1.165) is 12.7 Å². The van der Waals surface area contributed by atoms with Crippen LogP contribution in [0, 0.1) is 0 Å². The molecule has 1 aromatic carbocycles. The van der Waals surface area contributed by atoms with E-state index in [9.17, 15) is 34.5 Å². The van der Waals surface area contributed by atoms with Gasteiger partial charge < -0.3 is 45.5 Å². The number of aliphatic hydroxyl groups excluding tert-OH is 3. The van der Waals surface area contributed by atoms with Crippen LogP contribution in [0.5, 0.6) is 0 Å². The third-order valence-electron chi connectivity index (χ3n) is 5.28. The molecule has 3 amide bonds. The highest BCUT2D eigenvalue weighted by atomic mass is 16.6. The fourth-order valence-corrected chi connectivity index (χ4v) is 3.50. The van der Waals surface area contributed by atoms with Gasteiger partial charge in [-0.15, -0.1) is 0 Å².